The van der Waals surface area contributed by atoms with Crippen LogP contribution in [-0.4, -0.2) is 34.7 Å². The van der Waals surface area contributed by atoms with Crippen LogP contribution < -0.4 is 16.0 Å². The van der Waals surface area contributed by atoms with Gasteiger partial charge in [0.1, 0.15) is 5.75 Å². The lowest BCUT2D eigenvalue weighted by Crippen LogP contribution is -2.37. The Labute approximate surface area is 216 Å². The minimum atomic E-state index is -1.09. The zero-order valence-corrected chi connectivity index (χ0v) is 20.7. The number of phenols is 1. The summed E-state index contributed by atoms with van der Waals surface area (Å²) in [6, 6.07) is 12.8. The lowest BCUT2D eigenvalue weighted by Gasteiger charge is -2.36. The number of carboxylic acid groups (broad SMARTS) is 1. The summed E-state index contributed by atoms with van der Waals surface area (Å²) in [4.78, 5) is 25.9. The predicted molar refractivity (Wildman–Crippen MR) is 143 cm³/mol. The van der Waals surface area contributed by atoms with Crippen molar-refractivity contribution in [2.45, 2.75) is 51.1 Å². The minimum Gasteiger partial charge on any atom is -0.507 e. The number of benzene rings is 2. The summed E-state index contributed by atoms with van der Waals surface area (Å²) in [7, 11) is 0. The van der Waals surface area contributed by atoms with Crippen LogP contribution in [-0.2, 0) is 17.8 Å². The van der Waals surface area contributed by atoms with Crippen molar-refractivity contribution in [1.29, 1.82) is 0 Å². The number of aromatic hydroxyl groups is 1. The van der Waals surface area contributed by atoms with Gasteiger partial charge in [0.15, 0.2) is 0 Å². The fourth-order valence-corrected chi connectivity index (χ4v) is 4.82. The number of phenolic OH excluding ortho intramolecular Hbond substituents is 1. The van der Waals surface area contributed by atoms with Crippen LogP contribution in [0.4, 0.5) is 11.4 Å². The number of nitrogens with zero attached hydrogens (tertiary/aromatic N) is 1. The molecule has 1 heterocycles. The number of aliphatic carboxylic acids is 1. The number of carbonyl (C=O) groups excluding carboxylic acids is 1. The summed E-state index contributed by atoms with van der Waals surface area (Å²) < 4.78 is 5.27. The van der Waals surface area contributed by atoms with Crippen molar-refractivity contribution >= 4 is 29.3 Å². The van der Waals surface area contributed by atoms with Crippen molar-refractivity contribution < 1.29 is 24.2 Å². The van der Waals surface area contributed by atoms with Gasteiger partial charge in [-0.1, -0.05) is 25.3 Å². The molecule has 0 spiro atoms. The van der Waals surface area contributed by atoms with E-state index in [1.54, 1.807) is 30.7 Å². The van der Waals surface area contributed by atoms with Crippen LogP contribution in [0.1, 0.15) is 59.2 Å². The van der Waals surface area contributed by atoms with E-state index in [4.69, 9.17) is 15.3 Å². The molecule has 8 heteroatoms. The van der Waals surface area contributed by atoms with E-state index in [2.05, 4.69) is 10.2 Å². The molecule has 0 saturated heterocycles. The number of hydrogen-bond donors (Lipinski definition) is 4. The summed E-state index contributed by atoms with van der Waals surface area (Å²) in [5, 5.41) is 21.6. The van der Waals surface area contributed by atoms with Crippen molar-refractivity contribution in [1.82, 2.24) is 5.32 Å². The number of furan rings is 1. The van der Waals surface area contributed by atoms with Crippen LogP contribution in [0, 0.1) is 0 Å². The second kappa shape index (κ2) is 12.2. The van der Waals surface area contributed by atoms with Crippen LogP contribution in [0.2, 0.25) is 0 Å². The maximum absolute atomic E-state index is 12.8. The highest BCUT2D eigenvalue weighted by Gasteiger charge is 2.24. The van der Waals surface area contributed by atoms with Crippen molar-refractivity contribution in [3.05, 3.63) is 83.3 Å². The maximum atomic E-state index is 12.8. The van der Waals surface area contributed by atoms with Gasteiger partial charge in [0.2, 0.25) is 0 Å². The Balaban J connectivity index is 1.41. The SMILES string of the molecule is Nc1cc(C(=O)NCCc2ccc(O)c(/C=C/C(=O)O)c2)ccc1N(Cc1ccoc1)C1CCCCC1. The highest BCUT2D eigenvalue weighted by molar-refractivity contribution is 5.96. The van der Waals surface area contributed by atoms with Crippen molar-refractivity contribution in [3.63, 3.8) is 0 Å². The standard InChI is InChI=1S/C29H33N3O5/c30-25-17-23(29(36)31-14-12-20-6-10-27(33)22(16-20)8-11-28(34)35)7-9-26(25)32(18-21-13-15-37-19-21)24-4-2-1-3-5-24/h6-11,13,15-17,19,24,33H,1-5,12,14,18,30H2,(H,31,36)(H,34,35)/b11-8+. The molecule has 5 N–H and O–H groups in total. The largest absolute Gasteiger partial charge is 0.507 e. The number of nitrogen functional groups attached to an aromatic ring is 1. The number of rotatable bonds is 10. The van der Waals surface area contributed by atoms with Gasteiger partial charge in [-0.3, -0.25) is 4.79 Å². The first-order valence-electron chi connectivity index (χ1n) is 12.6. The third kappa shape index (κ3) is 6.94. The third-order valence-electron chi connectivity index (χ3n) is 6.74. The predicted octanol–water partition coefficient (Wildman–Crippen LogP) is 4.98. The average Bonchev–Trinajstić information content (AvgIpc) is 3.41. The fraction of sp³-hybridized carbons (Fsp3) is 0.310. The summed E-state index contributed by atoms with van der Waals surface area (Å²) in [6.45, 7) is 1.08. The monoisotopic (exact) mass is 503 g/mol. The van der Waals surface area contributed by atoms with Crippen LogP contribution in [0.3, 0.4) is 0 Å². The summed E-state index contributed by atoms with van der Waals surface area (Å²) >= 11 is 0. The highest BCUT2D eigenvalue weighted by atomic mass is 16.4. The number of nitrogens with one attached hydrogen (secondary N) is 1. The van der Waals surface area contributed by atoms with E-state index < -0.39 is 5.97 Å². The number of anilines is 2. The third-order valence-corrected chi connectivity index (χ3v) is 6.74. The van der Waals surface area contributed by atoms with Crippen LogP contribution in [0.15, 0.2) is 65.5 Å². The van der Waals surface area contributed by atoms with Crippen LogP contribution in [0.25, 0.3) is 6.08 Å². The van der Waals surface area contributed by atoms with Gasteiger partial charge < -0.3 is 30.6 Å². The fourth-order valence-electron chi connectivity index (χ4n) is 4.82. The van der Waals surface area contributed by atoms with E-state index in [1.165, 1.54) is 31.4 Å². The number of carboxylic acids is 1. The summed E-state index contributed by atoms with van der Waals surface area (Å²) in [5.41, 5.74) is 10.8. The number of nitrogens with two attached hydrogens (primary N) is 1. The molecule has 0 aliphatic heterocycles. The molecule has 1 aliphatic rings. The Morgan fingerprint density at radius 2 is 1.89 bits per heavy atom. The Morgan fingerprint density at radius 1 is 1.08 bits per heavy atom. The normalized spacial score (nSPS) is 14.1. The Bertz CT molecular complexity index is 1250. The van der Waals surface area contributed by atoms with E-state index in [-0.39, 0.29) is 11.7 Å². The molecule has 1 fully saturated rings. The second-order valence-electron chi connectivity index (χ2n) is 9.40. The second-order valence-corrected chi connectivity index (χ2v) is 9.40. The van der Waals surface area contributed by atoms with Gasteiger partial charge in [0.05, 0.1) is 23.9 Å². The van der Waals surface area contributed by atoms with Gasteiger partial charge in [-0.25, -0.2) is 4.79 Å². The first-order valence-corrected chi connectivity index (χ1v) is 12.6. The average molecular weight is 504 g/mol. The van der Waals surface area contributed by atoms with Gasteiger partial charge in [0, 0.05) is 41.9 Å². The number of hydrogen-bond acceptors (Lipinski definition) is 6. The molecule has 1 amide bonds. The summed E-state index contributed by atoms with van der Waals surface area (Å²) in [6.07, 6.45) is 12.2. The quantitative estimate of drug-likeness (QED) is 0.227. The molecule has 1 aromatic heterocycles. The van der Waals surface area contributed by atoms with E-state index in [0.29, 0.717) is 42.4 Å². The van der Waals surface area contributed by atoms with Crippen LogP contribution in [0.5, 0.6) is 5.75 Å². The smallest absolute Gasteiger partial charge is 0.328 e. The van der Waals surface area contributed by atoms with Gasteiger partial charge in [-0.15, -0.1) is 0 Å². The topological polar surface area (TPSA) is 129 Å². The number of amides is 1. The minimum absolute atomic E-state index is 0.00380. The zero-order valence-electron chi connectivity index (χ0n) is 20.7. The lowest BCUT2D eigenvalue weighted by atomic mass is 9.93. The summed E-state index contributed by atoms with van der Waals surface area (Å²) in [5.74, 6) is -1.32. The van der Waals surface area contributed by atoms with Crippen molar-refractivity contribution in [2.75, 3.05) is 17.2 Å². The molecule has 0 bridgehead atoms. The highest BCUT2D eigenvalue weighted by Crippen LogP contribution is 2.33. The van der Waals surface area contributed by atoms with Crippen LogP contribution >= 0.6 is 0 Å². The van der Waals surface area contributed by atoms with Gasteiger partial charge in [0.25, 0.3) is 5.91 Å². The van der Waals surface area contributed by atoms with E-state index in [1.807, 2.05) is 18.2 Å². The lowest BCUT2D eigenvalue weighted by molar-refractivity contribution is -0.131. The van der Waals surface area contributed by atoms with E-state index in [9.17, 15) is 14.7 Å². The molecule has 4 rings (SSSR count). The molecule has 1 saturated carbocycles. The molecule has 2 aromatic carbocycles. The molecule has 3 aromatic rings. The molecule has 1 aliphatic carbocycles. The molecule has 194 valence electrons. The molecule has 0 unspecified atom stereocenters. The van der Waals surface area contributed by atoms with Gasteiger partial charge >= 0.3 is 5.97 Å². The molecular formula is C29H33N3O5. The van der Waals surface area contributed by atoms with E-state index >= 15 is 0 Å². The Morgan fingerprint density at radius 3 is 2.59 bits per heavy atom. The molecular weight excluding hydrogens is 470 g/mol. The first-order chi connectivity index (χ1) is 17.9. The van der Waals surface area contributed by atoms with Crippen molar-refractivity contribution in [2.24, 2.45) is 0 Å². The first kappa shape index (κ1) is 25.9. The molecule has 37 heavy (non-hydrogen) atoms. The maximum Gasteiger partial charge on any atom is 0.328 e. The zero-order chi connectivity index (χ0) is 26.2. The van der Waals surface area contributed by atoms with Gasteiger partial charge in [-0.05, 0) is 67.3 Å². The molecule has 0 atom stereocenters. The van der Waals surface area contributed by atoms with E-state index in [0.717, 1.165) is 35.7 Å². The molecule has 8 nitrogen and oxygen atoms in total. The number of carbonyl (C=O) groups is 2. The Hall–Kier alpha value is -4.20. The van der Waals surface area contributed by atoms with Crippen molar-refractivity contribution in [3.8, 4) is 5.75 Å². The Kier molecular flexibility index (Phi) is 8.51. The molecule has 0 radical (unpaired) electrons. The van der Waals surface area contributed by atoms with Gasteiger partial charge in [-0.2, -0.15) is 0 Å².